The van der Waals surface area contributed by atoms with Crippen LogP contribution in [-0.4, -0.2) is 55.5 Å². The molecular weight excluding hydrogens is 230 g/mol. The molecule has 5 heteroatoms. The van der Waals surface area contributed by atoms with Crippen LogP contribution in [0.25, 0.3) is 0 Å². The van der Waals surface area contributed by atoms with E-state index in [4.69, 9.17) is 0 Å². The number of urea groups is 1. The lowest BCUT2D eigenvalue weighted by atomic mass is 9.97. The van der Waals surface area contributed by atoms with Crippen LogP contribution in [-0.2, 0) is 4.79 Å². The summed E-state index contributed by atoms with van der Waals surface area (Å²) in [5, 5.41) is 2.69. The highest BCUT2D eigenvalue weighted by atomic mass is 16.2. The Morgan fingerprint density at radius 2 is 1.94 bits per heavy atom. The smallest absolute Gasteiger partial charge is 0.317 e. The zero-order valence-electron chi connectivity index (χ0n) is 11.9. The number of nitrogens with zero attached hydrogens (tertiary/aromatic N) is 2. The summed E-state index contributed by atoms with van der Waals surface area (Å²) in [5.74, 6) is 1.11. The number of hydrogen-bond acceptors (Lipinski definition) is 2. The predicted molar refractivity (Wildman–Crippen MR) is 71.2 cm³/mol. The number of likely N-dealkylation sites (tertiary alicyclic amines) is 1. The highest BCUT2D eigenvalue weighted by Crippen LogP contribution is 2.21. The maximum atomic E-state index is 12.0. The van der Waals surface area contributed by atoms with E-state index in [1.807, 2.05) is 4.90 Å². The maximum Gasteiger partial charge on any atom is 0.317 e. The van der Waals surface area contributed by atoms with Gasteiger partial charge in [-0.25, -0.2) is 4.79 Å². The standard InChI is InChI=1S/C13H25N3O2/c1-10-5-6-16(9-11(2)7-10)13(18)14-8-12(17)15(3)4/h10-11H,5-9H2,1-4H3,(H,14,18)/t10-,11-/m0/s1. The lowest BCUT2D eigenvalue weighted by Gasteiger charge is -2.23. The molecule has 0 radical (unpaired) electrons. The van der Waals surface area contributed by atoms with Gasteiger partial charge in [0.1, 0.15) is 0 Å². The monoisotopic (exact) mass is 255 g/mol. The average molecular weight is 255 g/mol. The molecule has 0 aromatic rings. The number of carbonyl (C=O) groups is 2. The van der Waals surface area contributed by atoms with E-state index in [9.17, 15) is 9.59 Å². The van der Waals surface area contributed by atoms with Crippen LogP contribution >= 0.6 is 0 Å². The molecule has 1 N–H and O–H groups in total. The first-order valence-electron chi connectivity index (χ1n) is 6.63. The molecule has 0 bridgehead atoms. The number of carbonyl (C=O) groups excluding carboxylic acids is 2. The number of likely N-dealkylation sites (N-methyl/N-ethyl adjacent to an activating group) is 1. The quantitative estimate of drug-likeness (QED) is 0.805. The van der Waals surface area contributed by atoms with Gasteiger partial charge in [0.15, 0.2) is 0 Å². The molecule has 2 atom stereocenters. The Bertz CT molecular complexity index is 305. The minimum atomic E-state index is -0.119. The molecule has 1 aliphatic rings. The molecule has 3 amide bonds. The van der Waals surface area contributed by atoms with Crippen LogP contribution in [0.15, 0.2) is 0 Å². The number of amides is 3. The molecule has 1 fully saturated rings. The molecule has 0 unspecified atom stereocenters. The van der Waals surface area contributed by atoms with Gasteiger partial charge in [0.05, 0.1) is 6.54 Å². The van der Waals surface area contributed by atoms with Crippen molar-refractivity contribution in [2.45, 2.75) is 26.7 Å². The van der Waals surface area contributed by atoms with Crippen molar-refractivity contribution in [2.75, 3.05) is 33.7 Å². The maximum absolute atomic E-state index is 12.0. The molecule has 18 heavy (non-hydrogen) atoms. The molecule has 0 aromatic heterocycles. The van der Waals surface area contributed by atoms with Gasteiger partial charge < -0.3 is 15.1 Å². The van der Waals surface area contributed by atoms with E-state index in [0.717, 1.165) is 19.5 Å². The SMILES string of the molecule is C[C@H]1CCN(C(=O)NCC(=O)N(C)C)C[C@@H](C)C1. The molecule has 0 saturated carbocycles. The van der Waals surface area contributed by atoms with Crippen LogP contribution in [0.5, 0.6) is 0 Å². The second-order valence-corrected chi connectivity index (χ2v) is 5.63. The Morgan fingerprint density at radius 1 is 1.28 bits per heavy atom. The Balaban J connectivity index is 2.43. The molecule has 104 valence electrons. The minimum Gasteiger partial charge on any atom is -0.347 e. The lowest BCUT2D eigenvalue weighted by Crippen LogP contribution is -2.45. The zero-order chi connectivity index (χ0) is 13.7. The molecule has 0 aromatic carbocycles. The normalized spacial score (nSPS) is 24.3. The summed E-state index contributed by atoms with van der Waals surface area (Å²) in [6.45, 7) is 6.05. The molecule has 1 saturated heterocycles. The van der Waals surface area contributed by atoms with Crippen LogP contribution < -0.4 is 5.32 Å². The second kappa shape index (κ2) is 6.61. The minimum absolute atomic E-state index is 0.0757. The molecule has 5 nitrogen and oxygen atoms in total. The van der Waals surface area contributed by atoms with Gasteiger partial charge in [0.2, 0.25) is 5.91 Å². The predicted octanol–water partition coefficient (Wildman–Crippen LogP) is 1.15. The molecule has 1 rings (SSSR count). The fourth-order valence-corrected chi connectivity index (χ4v) is 2.33. The summed E-state index contributed by atoms with van der Waals surface area (Å²) in [6, 6.07) is -0.119. The van der Waals surface area contributed by atoms with Crippen molar-refractivity contribution in [3.8, 4) is 0 Å². The van der Waals surface area contributed by atoms with E-state index < -0.39 is 0 Å². The number of hydrogen-bond donors (Lipinski definition) is 1. The third-order valence-electron chi connectivity index (χ3n) is 3.41. The van der Waals surface area contributed by atoms with Crippen molar-refractivity contribution < 1.29 is 9.59 Å². The highest BCUT2D eigenvalue weighted by Gasteiger charge is 2.22. The van der Waals surface area contributed by atoms with Gasteiger partial charge in [-0.15, -0.1) is 0 Å². The Kier molecular flexibility index (Phi) is 5.44. The summed E-state index contributed by atoms with van der Waals surface area (Å²) in [6.07, 6.45) is 2.21. The Hall–Kier alpha value is -1.26. The highest BCUT2D eigenvalue weighted by molar-refractivity contribution is 5.83. The molecule has 1 aliphatic heterocycles. The first kappa shape index (κ1) is 14.8. The first-order chi connectivity index (χ1) is 8.40. The lowest BCUT2D eigenvalue weighted by molar-refractivity contribution is -0.127. The van der Waals surface area contributed by atoms with Crippen molar-refractivity contribution in [3.05, 3.63) is 0 Å². The third-order valence-corrected chi connectivity index (χ3v) is 3.41. The van der Waals surface area contributed by atoms with Gasteiger partial charge in [0, 0.05) is 27.2 Å². The average Bonchev–Trinajstić information content (AvgIpc) is 2.46. The summed E-state index contributed by atoms with van der Waals surface area (Å²) >= 11 is 0. The Morgan fingerprint density at radius 3 is 2.56 bits per heavy atom. The number of rotatable bonds is 2. The summed E-state index contributed by atoms with van der Waals surface area (Å²) in [7, 11) is 3.37. The summed E-state index contributed by atoms with van der Waals surface area (Å²) in [5.41, 5.74) is 0. The molecule has 0 spiro atoms. The van der Waals surface area contributed by atoms with Gasteiger partial charge in [-0.1, -0.05) is 13.8 Å². The zero-order valence-corrected chi connectivity index (χ0v) is 11.9. The third kappa shape index (κ3) is 4.55. The van der Waals surface area contributed by atoms with Crippen molar-refractivity contribution in [1.82, 2.24) is 15.1 Å². The van der Waals surface area contributed by atoms with E-state index in [2.05, 4.69) is 19.2 Å². The number of nitrogens with one attached hydrogen (secondary N) is 1. The van der Waals surface area contributed by atoms with E-state index in [1.54, 1.807) is 14.1 Å². The van der Waals surface area contributed by atoms with Gasteiger partial charge in [-0.3, -0.25) is 4.79 Å². The summed E-state index contributed by atoms with van der Waals surface area (Å²) in [4.78, 5) is 26.7. The van der Waals surface area contributed by atoms with Crippen molar-refractivity contribution in [2.24, 2.45) is 11.8 Å². The first-order valence-corrected chi connectivity index (χ1v) is 6.63. The van der Waals surface area contributed by atoms with Gasteiger partial charge in [0.25, 0.3) is 0 Å². The Labute approximate surface area is 110 Å². The van der Waals surface area contributed by atoms with Crippen LogP contribution in [0.2, 0.25) is 0 Å². The van der Waals surface area contributed by atoms with Crippen molar-refractivity contribution in [1.29, 1.82) is 0 Å². The topological polar surface area (TPSA) is 52.7 Å². The van der Waals surface area contributed by atoms with Crippen molar-refractivity contribution >= 4 is 11.9 Å². The second-order valence-electron chi connectivity index (χ2n) is 5.63. The molecule has 0 aliphatic carbocycles. The van der Waals surface area contributed by atoms with Crippen LogP contribution in [0, 0.1) is 11.8 Å². The molecule has 1 heterocycles. The van der Waals surface area contributed by atoms with Crippen LogP contribution in [0.3, 0.4) is 0 Å². The van der Waals surface area contributed by atoms with E-state index in [0.29, 0.717) is 11.8 Å². The van der Waals surface area contributed by atoms with Gasteiger partial charge in [-0.2, -0.15) is 0 Å². The fourth-order valence-electron chi connectivity index (χ4n) is 2.33. The van der Waals surface area contributed by atoms with E-state index >= 15 is 0 Å². The van der Waals surface area contributed by atoms with Crippen LogP contribution in [0.1, 0.15) is 26.7 Å². The van der Waals surface area contributed by atoms with Gasteiger partial charge >= 0.3 is 6.03 Å². The largest absolute Gasteiger partial charge is 0.347 e. The van der Waals surface area contributed by atoms with Crippen molar-refractivity contribution in [3.63, 3.8) is 0 Å². The van der Waals surface area contributed by atoms with Gasteiger partial charge in [-0.05, 0) is 24.7 Å². The van der Waals surface area contributed by atoms with E-state index in [1.165, 1.54) is 11.3 Å². The van der Waals surface area contributed by atoms with Crippen LogP contribution in [0.4, 0.5) is 4.79 Å². The molecular formula is C13H25N3O2. The fraction of sp³-hybridized carbons (Fsp3) is 0.846. The summed E-state index contributed by atoms with van der Waals surface area (Å²) < 4.78 is 0. The van der Waals surface area contributed by atoms with E-state index in [-0.39, 0.29) is 18.5 Å².